The molecule has 3 aromatic rings. The van der Waals surface area contributed by atoms with Crippen LogP contribution < -0.4 is 15.4 Å². The topological polar surface area (TPSA) is 63.5 Å². The largest absolute Gasteiger partial charge is 0.497 e. The number of hydrogen-bond donors (Lipinski definition) is 2. The quantitative estimate of drug-likeness (QED) is 0.758. The van der Waals surface area contributed by atoms with Crippen LogP contribution in [0.3, 0.4) is 0 Å². The van der Waals surface area contributed by atoms with Gasteiger partial charge in [0.1, 0.15) is 17.2 Å². The molecule has 1 atom stereocenters. The normalized spacial score (nSPS) is 21.0. The Balaban J connectivity index is 1.45. The molecule has 2 fully saturated rings. The molecule has 2 aliphatic rings. The van der Waals surface area contributed by atoms with Gasteiger partial charge in [0.15, 0.2) is 0 Å². The molecule has 4 heterocycles. The van der Waals surface area contributed by atoms with Gasteiger partial charge in [-0.1, -0.05) is 6.07 Å². The minimum Gasteiger partial charge on any atom is -0.497 e. The van der Waals surface area contributed by atoms with Gasteiger partial charge < -0.3 is 15.4 Å². The van der Waals surface area contributed by atoms with E-state index >= 15 is 0 Å². The van der Waals surface area contributed by atoms with E-state index in [-0.39, 0.29) is 0 Å². The minimum atomic E-state index is 0.463. The van der Waals surface area contributed by atoms with Gasteiger partial charge in [0.25, 0.3) is 0 Å². The Bertz CT molecular complexity index is 946. The van der Waals surface area contributed by atoms with Crippen LogP contribution >= 0.6 is 0 Å². The van der Waals surface area contributed by atoms with Crippen LogP contribution in [-0.4, -0.2) is 40.6 Å². The van der Waals surface area contributed by atoms with Crippen LogP contribution in [0.15, 0.2) is 42.7 Å². The summed E-state index contributed by atoms with van der Waals surface area (Å²) in [4.78, 5) is 9.36. The van der Waals surface area contributed by atoms with Gasteiger partial charge in [0.2, 0.25) is 0 Å². The van der Waals surface area contributed by atoms with E-state index in [1.165, 1.54) is 19.3 Å². The fraction of sp³-hybridized carbons (Fsp3) is 0.400. The SMILES string of the molecule is COc1ccn2c(-c3cccc(N[C@H]4CNCCC45CC5)n3)cnc2c1. The molecular formula is C20H23N5O. The molecule has 1 aliphatic heterocycles. The van der Waals surface area contributed by atoms with E-state index < -0.39 is 0 Å². The van der Waals surface area contributed by atoms with Crippen molar-refractivity contribution < 1.29 is 4.74 Å². The fourth-order valence-electron chi connectivity index (χ4n) is 4.05. The molecule has 0 amide bonds. The van der Waals surface area contributed by atoms with Gasteiger partial charge in [-0.05, 0) is 49.4 Å². The number of nitrogens with one attached hydrogen (secondary N) is 2. The number of anilines is 1. The smallest absolute Gasteiger partial charge is 0.140 e. The van der Waals surface area contributed by atoms with E-state index in [9.17, 15) is 0 Å². The molecule has 1 saturated heterocycles. The molecule has 3 aromatic heterocycles. The summed E-state index contributed by atoms with van der Waals surface area (Å²) in [5, 5.41) is 7.19. The number of nitrogens with zero attached hydrogens (tertiary/aromatic N) is 3. The van der Waals surface area contributed by atoms with Gasteiger partial charge in [0, 0.05) is 24.8 Å². The first kappa shape index (κ1) is 15.6. The second-order valence-corrected chi connectivity index (χ2v) is 7.36. The van der Waals surface area contributed by atoms with Crippen molar-refractivity contribution >= 4 is 11.5 Å². The Morgan fingerprint density at radius 2 is 2.19 bits per heavy atom. The van der Waals surface area contributed by atoms with Crippen molar-refractivity contribution in [2.24, 2.45) is 5.41 Å². The number of aromatic nitrogens is 3. The summed E-state index contributed by atoms with van der Waals surface area (Å²) in [5.41, 5.74) is 3.24. The van der Waals surface area contributed by atoms with Gasteiger partial charge in [0.05, 0.1) is 24.7 Å². The summed E-state index contributed by atoms with van der Waals surface area (Å²) in [5.74, 6) is 1.74. The highest BCUT2D eigenvalue weighted by atomic mass is 16.5. The summed E-state index contributed by atoms with van der Waals surface area (Å²) < 4.78 is 7.32. The Morgan fingerprint density at radius 3 is 3.04 bits per heavy atom. The Kier molecular flexibility index (Phi) is 3.60. The van der Waals surface area contributed by atoms with Crippen molar-refractivity contribution in [1.82, 2.24) is 19.7 Å². The summed E-state index contributed by atoms with van der Waals surface area (Å²) in [6.45, 7) is 2.15. The third-order valence-electron chi connectivity index (χ3n) is 5.83. The molecular weight excluding hydrogens is 326 g/mol. The predicted molar refractivity (Wildman–Crippen MR) is 102 cm³/mol. The monoisotopic (exact) mass is 349 g/mol. The molecule has 6 nitrogen and oxygen atoms in total. The average molecular weight is 349 g/mol. The number of methoxy groups -OCH3 is 1. The van der Waals surface area contributed by atoms with Crippen LogP contribution in [0.25, 0.3) is 17.0 Å². The number of imidazole rings is 1. The first-order chi connectivity index (χ1) is 12.8. The number of ether oxygens (including phenoxy) is 1. The van der Waals surface area contributed by atoms with Crippen molar-refractivity contribution in [2.75, 3.05) is 25.5 Å². The number of rotatable bonds is 4. The lowest BCUT2D eigenvalue weighted by molar-refractivity contribution is 0.319. The van der Waals surface area contributed by atoms with Crippen LogP contribution in [-0.2, 0) is 0 Å². The Morgan fingerprint density at radius 1 is 1.27 bits per heavy atom. The van der Waals surface area contributed by atoms with E-state index in [2.05, 4.69) is 27.8 Å². The highest BCUT2D eigenvalue weighted by Crippen LogP contribution is 2.53. The lowest BCUT2D eigenvalue weighted by Crippen LogP contribution is -2.46. The maximum absolute atomic E-state index is 5.28. The lowest BCUT2D eigenvalue weighted by atomic mass is 9.89. The second-order valence-electron chi connectivity index (χ2n) is 7.36. The van der Waals surface area contributed by atoms with Crippen LogP contribution in [0, 0.1) is 5.41 Å². The van der Waals surface area contributed by atoms with Crippen molar-refractivity contribution in [3.05, 3.63) is 42.7 Å². The van der Waals surface area contributed by atoms with Crippen LogP contribution in [0.5, 0.6) is 5.75 Å². The molecule has 1 saturated carbocycles. The molecule has 5 rings (SSSR count). The van der Waals surface area contributed by atoms with Crippen LogP contribution in [0.1, 0.15) is 19.3 Å². The maximum Gasteiger partial charge on any atom is 0.140 e. The van der Waals surface area contributed by atoms with Gasteiger partial charge in [-0.15, -0.1) is 0 Å². The van der Waals surface area contributed by atoms with E-state index in [4.69, 9.17) is 9.72 Å². The minimum absolute atomic E-state index is 0.463. The third kappa shape index (κ3) is 2.61. The highest BCUT2D eigenvalue weighted by molar-refractivity contribution is 5.63. The van der Waals surface area contributed by atoms with E-state index in [0.717, 1.165) is 41.7 Å². The van der Waals surface area contributed by atoms with Crippen molar-refractivity contribution in [2.45, 2.75) is 25.3 Å². The number of hydrogen-bond acceptors (Lipinski definition) is 5. The van der Waals surface area contributed by atoms with Gasteiger partial charge >= 0.3 is 0 Å². The zero-order valence-corrected chi connectivity index (χ0v) is 14.9. The summed E-state index contributed by atoms with van der Waals surface area (Å²) in [6, 6.07) is 10.5. The van der Waals surface area contributed by atoms with E-state index in [1.54, 1.807) is 7.11 Å². The van der Waals surface area contributed by atoms with Gasteiger partial charge in [-0.3, -0.25) is 4.40 Å². The molecule has 0 aromatic carbocycles. The molecule has 26 heavy (non-hydrogen) atoms. The van der Waals surface area contributed by atoms with Crippen molar-refractivity contribution in [3.63, 3.8) is 0 Å². The van der Waals surface area contributed by atoms with E-state index in [0.29, 0.717) is 11.5 Å². The molecule has 0 radical (unpaired) electrons. The van der Waals surface area contributed by atoms with E-state index in [1.807, 2.05) is 35.0 Å². The lowest BCUT2D eigenvalue weighted by Gasteiger charge is -2.33. The van der Waals surface area contributed by atoms with Crippen molar-refractivity contribution in [3.8, 4) is 17.1 Å². The predicted octanol–water partition coefficient (Wildman–Crippen LogP) is 2.96. The molecule has 0 bridgehead atoms. The Hall–Kier alpha value is -2.60. The Labute approximate surface area is 152 Å². The first-order valence-corrected chi connectivity index (χ1v) is 9.23. The molecule has 134 valence electrons. The first-order valence-electron chi connectivity index (χ1n) is 9.23. The van der Waals surface area contributed by atoms with Gasteiger partial charge in [-0.25, -0.2) is 9.97 Å². The fourth-order valence-corrected chi connectivity index (χ4v) is 4.05. The standard InChI is InChI=1S/C20H23N5O/c1-26-14-5-10-25-16(12-22-19(25)11-14)15-3-2-4-18(23-15)24-17-13-21-9-8-20(17)6-7-20/h2-5,10-12,17,21H,6-9,13H2,1H3,(H,23,24)/t17-/m0/s1. The zero-order chi connectivity index (χ0) is 17.6. The van der Waals surface area contributed by atoms with Crippen LogP contribution in [0.4, 0.5) is 5.82 Å². The molecule has 6 heteroatoms. The average Bonchev–Trinajstić information content (AvgIpc) is 3.32. The summed E-state index contributed by atoms with van der Waals surface area (Å²) in [7, 11) is 1.67. The summed E-state index contributed by atoms with van der Waals surface area (Å²) in [6.07, 6.45) is 7.77. The highest BCUT2D eigenvalue weighted by Gasteiger charge is 2.50. The van der Waals surface area contributed by atoms with Crippen LogP contribution in [0.2, 0.25) is 0 Å². The molecule has 1 aliphatic carbocycles. The third-order valence-corrected chi connectivity index (χ3v) is 5.83. The zero-order valence-electron chi connectivity index (χ0n) is 14.9. The maximum atomic E-state index is 5.28. The molecule has 2 N–H and O–H groups in total. The van der Waals surface area contributed by atoms with Gasteiger partial charge in [-0.2, -0.15) is 0 Å². The molecule has 0 unspecified atom stereocenters. The number of piperidine rings is 1. The number of fused-ring (bicyclic) bond motifs is 1. The molecule has 1 spiro atoms. The second kappa shape index (κ2) is 5.99. The van der Waals surface area contributed by atoms with Crippen molar-refractivity contribution in [1.29, 1.82) is 0 Å². The number of pyridine rings is 2. The summed E-state index contributed by atoms with van der Waals surface area (Å²) >= 11 is 0.